The highest BCUT2D eigenvalue weighted by Crippen LogP contribution is 2.28. The first kappa shape index (κ1) is 16.1. The molecule has 21 heavy (non-hydrogen) atoms. The van der Waals surface area contributed by atoms with Crippen molar-refractivity contribution in [1.29, 1.82) is 0 Å². The lowest BCUT2D eigenvalue weighted by molar-refractivity contribution is 0.397. The van der Waals surface area contributed by atoms with Gasteiger partial charge in [-0.2, -0.15) is 0 Å². The summed E-state index contributed by atoms with van der Waals surface area (Å²) in [6.07, 6.45) is 2.61. The van der Waals surface area contributed by atoms with E-state index in [1.807, 2.05) is 18.2 Å². The van der Waals surface area contributed by atoms with Crippen LogP contribution in [-0.2, 0) is 12.8 Å². The van der Waals surface area contributed by atoms with Crippen molar-refractivity contribution in [3.05, 3.63) is 64.1 Å². The van der Waals surface area contributed by atoms with Gasteiger partial charge in [0.1, 0.15) is 5.75 Å². The molecule has 112 valence electrons. The Bertz CT molecular complexity index is 585. The Kier molecular flexibility index (Phi) is 5.43. The second-order valence-corrected chi connectivity index (χ2v) is 6.37. The Morgan fingerprint density at radius 3 is 2.43 bits per heavy atom. The first-order valence-corrected chi connectivity index (χ1v) is 8.01. The normalized spacial score (nSPS) is 13.7. The van der Waals surface area contributed by atoms with E-state index in [1.165, 1.54) is 11.1 Å². The lowest BCUT2D eigenvalue weighted by Crippen LogP contribution is -2.43. The molecule has 0 heterocycles. The maximum absolute atomic E-state index is 6.66. The van der Waals surface area contributed by atoms with Gasteiger partial charge in [0.25, 0.3) is 0 Å². The van der Waals surface area contributed by atoms with E-state index in [0.717, 1.165) is 29.5 Å². The average Bonchev–Trinajstić information content (AvgIpc) is 2.50. The SMILES string of the molecule is CCC(N)(Cc1ccccc1)Cc1cc(OC)ccc1Br. The van der Waals surface area contributed by atoms with Crippen LogP contribution in [0.3, 0.4) is 0 Å². The van der Waals surface area contributed by atoms with Crippen molar-refractivity contribution in [1.82, 2.24) is 0 Å². The van der Waals surface area contributed by atoms with Gasteiger partial charge in [0, 0.05) is 10.0 Å². The largest absolute Gasteiger partial charge is 0.497 e. The van der Waals surface area contributed by atoms with E-state index < -0.39 is 0 Å². The lowest BCUT2D eigenvalue weighted by atomic mass is 9.83. The van der Waals surface area contributed by atoms with Crippen molar-refractivity contribution in [2.75, 3.05) is 7.11 Å². The van der Waals surface area contributed by atoms with Crippen LogP contribution in [0.4, 0.5) is 0 Å². The van der Waals surface area contributed by atoms with Gasteiger partial charge in [-0.25, -0.2) is 0 Å². The summed E-state index contributed by atoms with van der Waals surface area (Å²) in [6.45, 7) is 2.15. The van der Waals surface area contributed by atoms with Crippen LogP contribution in [0.2, 0.25) is 0 Å². The molecule has 0 aliphatic heterocycles. The van der Waals surface area contributed by atoms with E-state index in [9.17, 15) is 0 Å². The molecule has 0 aromatic heterocycles. The van der Waals surface area contributed by atoms with E-state index in [4.69, 9.17) is 10.5 Å². The fourth-order valence-electron chi connectivity index (χ4n) is 2.51. The molecule has 1 unspecified atom stereocenters. The van der Waals surface area contributed by atoms with E-state index in [2.05, 4.69) is 53.2 Å². The Morgan fingerprint density at radius 1 is 1.10 bits per heavy atom. The van der Waals surface area contributed by atoms with Gasteiger partial charge in [-0.15, -0.1) is 0 Å². The van der Waals surface area contributed by atoms with Crippen molar-refractivity contribution in [3.63, 3.8) is 0 Å². The molecule has 2 N–H and O–H groups in total. The third kappa shape index (κ3) is 4.32. The van der Waals surface area contributed by atoms with Crippen molar-refractivity contribution in [3.8, 4) is 5.75 Å². The van der Waals surface area contributed by atoms with Gasteiger partial charge in [0.2, 0.25) is 0 Å². The number of benzene rings is 2. The molecule has 0 saturated carbocycles. The van der Waals surface area contributed by atoms with E-state index >= 15 is 0 Å². The van der Waals surface area contributed by atoms with Crippen LogP contribution < -0.4 is 10.5 Å². The summed E-state index contributed by atoms with van der Waals surface area (Å²) in [5.41, 5.74) is 8.87. The Labute approximate surface area is 135 Å². The molecule has 2 nitrogen and oxygen atoms in total. The Morgan fingerprint density at radius 2 is 1.81 bits per heavy atom. The third-order valence-electron chi connectivity index (χ3n) is 3.90. The lowest BCUT2D eigenvalue weighted by Gasteiger charge is -2.29. The highest BCUT2D eigenvalue weighted by atomic mass is 79.9. The predicted octanol–water partition coefficient (Wildman–Crippen LogP) is 4.35. The number of ether oxygens (including phenoxy) is 1. The number of hydrogen-bond acceptors (Lipinski definition) is 2. The summed E-state index contributed by atoms with van der Waals surface area (Å²) in [7, 11) is 1.69. The maximum Gasteiger partial charge on any atom is 0.119 e. The Hall–Kier alpha value is -1.32. The zero-order valence-electron chi connectivity index (χ0n) is 12.6. The highest BCUT2D eigenvalue weighted by molar-refractivity contribution is 9.10. The molecule has 0 amide bonds. The van der Waals surface area contributed by atoms with Gasteiger partial charge in [0.15, 0.2) is 0 Å². The van der Waals surface area contributed by atoms with Gasteiger partial charge in [-0.1, -0.05) is 53.2 Å². The van der Waals surface area contributed by atoms with Crippen LogP contribution in [0.5, 0.6) is 5.75 Å². The van der Waals surface area contributed by atoms with Gasteiger partial charge < -0.3 is 10.5 Å². The topological polar surface area (TPSA) is 35.2 Å². The van der Waals surface area contributed by atoms with Crippen molar-refractivity contribution >= 4 is 15.9 Å². The van der Waals surface area contributed by atoms with Gasteiger partial charge in [0.05, 0.1) is 7.11 Å². The fraction of sp³-hybridized carbons (Fsp3) is 0.333. The van der Waals surface area contributed by atoms with E-state index in [0.29, 0.717) is 0 Å². The molecule has 0 fully saturated rings. The summed E-state index contributed by atoms with van der Waals surface area (Å²) < 4.78 is 6.40. The Balaban J connectivity index is 2.21. The van der Waals surface area contributed by atoms with Crippen LogP contribution in [0, 0.1) is 0 Å². The van der Waals surface area contributed by atoms with Crippen LogP contribution in [0.25, 0.3) is 0 Å². The smallest absolute Gasteiger partial charge is 0.119 e. The number of methoxy groups -OCH3 is 1. The van der Waals surface area contributed by atoms with Crippen LogP contribution in [-0.4, -0.2) is 12.6 Å². The van der Waals surface area contributed by atoms with Crippen molar-refractivity contribution in [2.45, 2.75) is 31.7 Å². The first-order chi connectivity index (χ1) is 10.1. The molecule has 0 bridgehead atoms. The molecule has 0 aliphatic carbocycles. The van der Waals surface area contributed by atoms with Gasteiger partial charge in [-0.3, -0.25) is 0 Å². The molecule has 1 atom stereocenters. The molecule has 0 aliphatic rings. The maximum atomic E-state index is 6.66. The summed E-state index contributed by atoms with van der Waals surface area (Å²) in [4.78, 5) is 0. The molecular formula is C18H22BrNO. The molecule has 0 spiro atoms. The van der Waals surface area contributed by atoms with E-state index in [-0.39, 0.29) is 5.54 Å². The number of hydrogen-bond donors (Lipinski definition) is 1. The second-order valence-electron chi connectivity index (χ2n) is 5.51. The first-order valence-electron chi connectivity index (χ1n) is 7.21. The zero-order chi connectivity index (χ0) is 15.3. The van der Waals surface area contributed by atoms with E-state index in [1.54, 1.807) is 7.11 Å². The molecule has 3 heteroatoms. The minimum Gasteiger partial charge on any atom is -0.497 e. The minimum absolute atomic E-state index is 0.254. The molecule has 2 rings (SSSR count). The van der Waals surface area contributed by atoms with Crippen LogP contribution in [0.1, 0.15) is 24.5 Å². The number of halogens is 1. The predicted molar refractivity (Wildman–Crippen MR) is 91.8 cm³/mol. The molecular weight excluding hydrogens is 326 g/mol. The average molecular weight is 348 g/mol. The zero-order valence-corrected chi connectivity index (χ0v) is 14.2. The van der Waals surface area contributed by atoms with Gasteiger partial charge >= 0.3 is 0 Å². The summed E-state index contributed by atoms with van der Waals surface area (Å²) >= 11 is 3.62. The number of rotatable bonds is 6. The summed E-state index contributed by atoms with van der Waals surface area (Å²) in [5, 5.41) is 0. The van der Waals surface area contributed by atoms with Crippen molar-refractivity contribution in [2.24, 2.45) is 5.73 Å². The second kappa shape index (κ2) is 7.10. The quantitative estimate of drug-likeness (QED) is 0.842. The highest BCUT2D eigenvalue weighted by Gasteiger charge is 2.25. The monoisotopic (exact) mass is 347 g/mol. The summed E-state index contributed by atoms with van der Waals surface area (Å²) in [5.74, 6) is 0.867. The molecule has 2 aromatic rings. The van der Waals surface area contributed by atoms with Gasteiger partial charge in [-0.05, 0) is 48.6 Å². The standard InChI is InChI=1S/C18H22BrNO/c1-3-18(20,12-14-7-5-4-6-8-14)13-15-11-16(21-2)9-10-17(15)19/h4-11H,3,12-13,20H2,1-2H3. The fourth-order valence-corrected chi connectivity index (χ4v) is 2.89. The number of nitrogens with two attached hydrogens (primary N) is 1. The third-order valence-corrected chi connectivity index (χ3v) is 4.67. The molecule has 0 radical (unpaired) electrons. The van der Waals surface area contributed by atoms with Crippen LogP contribution >= 0.6 is 15.9 Å². The molecule has 0 saturated heterocycles. The van der Waals surface area contributed by atoms with Crippen LogP contribution in [0.15, 0.2) is 53.0 Å². The van der Waals surface area contributed by atoms with Crippen molar-refractivity contribution < 1.29 is 4.74 Å². The minimum atomic E-state index is -0.254. The summed E-state index contributed by atoms with van der Waals surface area (Å²) in [6, 6.07) is 16.5. The molecule has 2 aromatic carbocycles.